The zero-order valence-electron chi connectivity index (χ0n) is 10.4. The predicted molar refractivity (Wildman–Crippen MR) is 64.8 cm³/mol. The molecule has 0 amide bonds. The van der Waals surface area contributed by atoms with Crippen molar-refractivity contribution in [1.82, 2.24) is 9.55 Å². The lowest BCUT2D eigenvalue weighted by Gasteiger charge is -2.14. The average molecular weight is 308 g/mol. The molecule has 0 bridgehead atoms. The summed E-state index contributed by atoms with van der Waals surface area (Å²) in [5, 5.41) is 0. The number of halogens is 5. The van der Waals surface area contributed by atoms with Gasteiger partial charge in [-0.2, -0.15) is 0 Å². The summed E-state index contributed by atoms with van der Waals surface area (Å²) in [5.41, 5.74) is -0.769. The van der Waals surface area contributed by atoms with Crippen molar-refractivity contribution in [3.63, 3.8) is 0 Å². The topological polar surface area (TPSA) is 20.7 Å². The molecule has 1 heterocycles. The van der Waals surface area contributed by atoms with Crippen molar-refractivity contribution >= 4 is 12.2 Å². The summed E-state index contributed by atoms with van der Waals surface area (Å²) in [6, 6.07) is 0. The first-order valence-electron chi connectivity index (χ1n) is 5.59. The van der Waals surface area contributed by atoms with E-state index >= 15 is 0 Å². The van der Waals surface area contributed by atoms with Gasteiger partial charge in [0.25, 0.3) is 0 Å². The Bertz CT molecular complexity index is 703. The quantitative estimate of drug-likeness (QED) is 0.378. The number of hydrogen-bond donors (Lipinski definition) is 1. The first-order valence-corrected chi connectivity index (χ1v) is 6.00. The minimum atomic E-state index is -2.20. The Hall–Kier alpha value is -1.70. The molecule has 8 heteroatoms. The van der Waals surface area contributed by atoms with Crippen LogP contribution in [-0.4, -0.2) is 9.55 Å². The summed E-state index contributed by atoms with van der Waals surface area (Å²) >= 11 is 4.85. The molecule has 1 aromatic heterocycles. The Labute approximate surface area is 115 Å². The molecule has 2 rings (SSSR count). The van der Waals surface area contributed by atoms with Crippen molar-refractivity contribution < 1.29 is 22.0 Å². The van der Waals surface area contributed by atoms with Crippen LogP contribution in [-0.2, 0) is 0 Å². The minimum absolute atomic E-state index is 0.156. The second-order valence-electron chi connectivity index (χ2n) is 4.43. The Morgan fingerprint density at radius 1 is 0.950 bits per heavy atom. The molecule has 0 saturated carbocycles. The van der Waals surface area contributed by atoms with Crippen LogP contribution in [0.2, 0.25) is 0 Å². The van der Waals surface area contributed by atoms with Gasteiger partial charge < -0.3 is 4.98 Å². The molecular weight excluding hydrogens is 299 g/mol. The van der Waals surface area contributed by atoms with Crippen LogP contribution in [0.1, 0.15) is 25.5 Å². The van der Waals surface area contributed by atoms with Gasteiger partial charge in [0.05, 0.1) is 0 Å². The van der Waals surface area contributed by atoms with Gasteiger partial charge in [-0.1, -0.05) is 13.8 Å². The smallest absolute Gasteiger partial charge is 0.200 e. The molecule has 2 nitrogen and oxygen atoms in total. The van der Waals surface area contributed by atoms with Gasteiger partial charge in [0.2, 0.25) is 5.82 Å². The van der Waals surface area contributed by atoms with E-state index in [2.05, 4.69) is 4.98 Å². The van der Waals surface area contributed by atoms with Gasteiger partial charge in [0.15, 0.2) is 28.0 Å². The van der Waals surface area contributed by atoms with E-state index in [1.165, 1.54) is 6.20 Å². The van der Waals surface area contributed by atoms with Gasteiger partial charge in [-0.05, 0) is 18.1 Å². The Balaban J connectivity index is 2.91. The highest BCUT2D eigenvalue weighted by molar-refractivity contribution is 7.71. The highest BCUT2D eigenvalue weighted by atomic mass is 32.1. The SMILES string of the molecule is CC(C)c1c[nH]c(=S)n1-c1c(F)c(F)c(F)c(F)c1F. The fraction of sp³-hybridized carbons (Fsp3) is 0.250. The van der Waals surface area contributed by atoms with Crippen molar-refractivity contribution in [2.45, 2.75) is 19.8 Å². The fourth-order valence-corrected chi connectivity index (χ4v) is 2.08. The van der Waals surface area contributed by atoms with Gasteiger partial charge in [0, 0.05) is 11.9 Å². The molecule has 1 N–H and O–H groups in total. The van der Waals surface area contributed by atoms with Crippen LogP contribution in [0.4, 0.5) is 22.0 Å². The molecule has 0 fully saturated rings. The van der Waals surface area contributed by atoms with Gasteiger partial charge in [-0.25, -0.2) is 22.0 Å². The zero-order chi connectivity index (χ0) is 15.2. The van der Waals surface area contributed by atoms with E-state index in [0.717, 1.165) is 4.57 Å². The van der Waals surface area contributed by atoms with E-state index in [-0.39, 0.29) is 10.7 Å². The highest BCUT2D eigenvalue weighted by Gasteiger charge is 2.28. The van der Waals surface area contributed by atoms with Crippen LogP contribution < -0.4 is 0 Å². The summed E-state index contributed by atoms with van der Waals surface area (Å²) in [5.74, 6) is -10.3. The first kappa shape index (κ1) is 14.7. The molecule has 0 radical (unpaired) electrons. The highest BCUT2D eigenvalue weighted by Crippen LogP contribution is 2.29. The minimum Gasteiger partial charge on any atom is -0.337 e. The molecule has 0 unspecified atom stereocenters. The average Bonchev–Trinajstić information content (AvgIpc) is 2.77. The molecule has 0 saturated heterocycles. The van der Waals surface area contributed by atoms with E-state index in [4.69, 9.17) is 12.2 Å². The molecule has 0 aliphatic rings. The number of aromatic nitrogens is 2. The van der Waals surface area contributed by atoms with Gasteiger partial charge in [0.1, 0.15) is 5.69 Å². The molecule has 2 aromatic rings. The molecule has 0 aliphatic heterocycles. The normalized spacial score (nSPS) is 11.4. The lowest BCUT2D eigenvalue weighted by Crippen LogP contribution is -2.12. The fourth-order valence-electron chi connectivity index (χ4n) is 1.83. The summed E-state index contributed by atoms with van der Waals surface area (Å²) < 4.78 is 67.7. The van der Waals surface area contributed by atoms with Crippen LogP contribution >= 0.6 is 12.2 Å². The predicted octanol–water partition coefficient (Wildman–Crippen LogP) is 4.35. The van der Waals surface area contributed by atoms with E-state index in [1.54, 1.807) is 13.8 Å². The van der Waals surface area contributed by atoms with Crippen LogP contribution in [0, 0.1) is 33.9 Å². The van der Waals surface area contributed by atoms with E-state index in [0.29, 0.717) is 5.69 Å². The molecule has 0 aliphatic carbocycles. The number of aromatic amines is 1. The van der Waals surface area contributed by atoms with Crippen molar-refractivity contribution in [2.75, 3.05) is 0 Å². The third-order valence-corrected chi connectivity index (χ3v) is 3.11. The monoisotopic (exact) mass is 308 g/mol. The third-order valence-electron chi connectivity index (χ3n) is 2.81. The Morgan fingerprint density at radius 3 is 1.85 bits per heavy atom. The summed E-state index contributed by atoms with van der Waals surface area (Å²) in [7, 11) is 0. The van der Waals surface area contributed by atoms with Crippen molar-refractivity contribution in [1.29, 1.82) is 0 Å². The van der Waals surface area contributed by atoms with Gasteiger partial charge in [-0.3, -0.25) is 4.57 Å². The standard InChI is InChI=1S/C12H9F5N2S/c1-4(2)5-3-18-12(20)19(5)11-9(16)7(14)6(13)8(15)10(11)17/h3-4H,1-2H3,(H,18,20). The van der Waals surface area contributed by atoms with Crippen molar-refractivity contribution in [3.05, 3.63) is 45.7 Å². The molecule has 1 aromatic carbocycles. The van der Waals surface area contributed by atoms with Crippen molar-refractivity contribution in [2.24, 2.45) is 0 Å². The second kappa shape index (κ2) is 5.01. The number of benzene rings is 1. The molecule has 0 spiro atoms. The largest absolute Gasteiger partial charge is 0.337 e. The van der Waals surface area contributed by atoms with E-state index in [1.807, 2.05) is 0 Å². The summed E-state index contributed by atoms with van der Waals surface area (Å²) in [6.07, 6.45) is 1.37. The van der Waals surface area contributed by atoms with E-state index < -0.39 is 34.8 Å². The number of nitrogens with one attached hydrogen (secondary N) is 1. The van der Waals surface area contributed by atoms with E-state index in [9.17, 15) is 22.0 Å². The summed E-state index contributed by atoms with van der Waals surface area (Å²) in [4.78, 5) is 2.53. The number of imidazole rings is 1. The maximum atomic E-state index is 13.8. The maximum absolute atomic E-state index is 13.8. The maximum Gasteiger partial charge on any atom is 0.200 e. The van der Waals surface area contributed by atoms with Gasteiger partial charge >= 0.3 is 0 Å². The second-order valence-corrected chi connectivity index (χ2v) is 4.81. The van der Waals surface area contributed by atoms with Crippen LogP contribution in [0.5, 0.6) is 0 Å². The number of nitrogens with zero attached hydrogens (tertiary/aromatic N) is 1. The van der Waals surface area contributed by atoms with Crippen molar-refractivity contribution in [3.8, 4) is 5.69 Å². The molecule has 0 atom stereocenters. The number of hydrogen-bond acceptors (Lipinski definition) is 1. The van der Waals surface area contributed by atoms with Gasteiger partial charge in [-0.15, -0.1) is 0 Å². The molecule has 108 valence electrons. The van der Waals surface area contributed by atoms with Crippen LogP contribution in [0.3, 0.4) is 0 Å². The lowest BCUT2D eigenvalue weighted by molar-refractivity contribution is 0.374. The Kier molecular flexibility index (Phi) is 3.68. The molecular formula is C12H9F5N2S. The summed E-state index contributed by atoms with van der Waals surface area (Å²) in [6.45, 7) is 3.39. The zero-order valence-corrected chi connectivity index (χ0v) is 11.2. The number of H-pyrrole nitrogens is 1. The third kappa shape index (κ3) is 2.04. The van der Waals surface area contributed by atoms with Crippen LogP contribution in [0.15, 0.2) is 6.20 Å². The number of rotatable bonds is 2. The first-order chi connectivity index (χ1) is 9.27. The molecule has 20 heavy (non-hydrogen) atoms. The lowest BCUT2D eigenvalue weighted by atomic mass is 10.1. The Morgan fingerprint density at radius 2 is 1.40 bits per heavy atom. The van der Waals surface area contributed by atoms with Crippen LogP contribution in [0.25, 0.3) is 5.69 Å².